The average Bonchev–Trinajstić information content (AvgIpc) is 2.14. The van der Waals surface area contributed by atoms with Crippen molar-refractivity contribution in [2.75, 3.05) is 17.8 Å². The van der Waals surface area contributed by atoms with Crippen molar-refractivity contribution in [3.05, 3.63) is 0 Å². The van der Waals surface area contributed by atoms with E-state index in [-0.39, 0.29) is 17.9 Å². The molecule has 0 spiro atoms. The van der Waals surface area contributed by atoms with Gasteiger partial charge >= 0.3 is 0 Å². The Hall–Kier alpha value is -0.140. The van der Waals surface area contributed by atoms with Crippen molar-refractivity contribution in [2.45, 2.75) is 43.5 Å². The molecule has 0 aromatic carbocycles. The molecule has 1 N–H and O–H groups in total. The van der Waals surface area contributed by atoms with Gasteiger partial charge in [-0.1, -0.05) is 6.42 Å². The van der Waals surface area contributed by atoms with Crippen LogP contribution in [-0.2, 0) is 19.7 Å². The largest absolute Gasteiger partial charge is 0.392 e. The molecule has 0 aromatic rings. The lowest BCUT2D eigenvalue weighted by atomic mass is 10.1. The Bertz CT molecular complexity index is 437. The third-order valence-corrected chi connectivity index (χ3v) is 6.43. The van der Waals surface area contributed by atoms with Gasteiger partial charge in [-0.3, -0.25) is 0 Å². The van der Waals surface area contributed by atoms with Gasteiger partial charge in [0.15, 0.2) is 9.84 Å². The quantitative estimate of drug-likeness (QED) is 0.775. The smallest absolute Gasteiger partial charge is 0.155 e. The summed E-state index contributed by atoms with van der Waals surface area (Å²) in [6.07, 6.45) is 2.71. The van der Waals surface area contributed by atoms with Gasteiger partial charge in [0, 0.05) is 12.0 Å². The molecule has 17 heavy (non-hydrogen) atoms. The van der Waals surface area contributed by atoms with Gasteiger partial charge in [-0.2, -0.15) is 0 Å². The van der Waals surface area contributed by atoms with Crippen LogP contribution in [0.15, 0.2) is 0 Å². The van der Waals surface area contributed by atoms with E-state index in [1.54, 1.807) is 0 Å². The molecule has 1 heterocycles. The van der Waals surface area contributed by atoms with Crippen molar-refractivity contribution in [1.29, 1.82) is 0 Å². The van der Waals surface area contributed by atoms with Gasteiger partial charge in [0.2, 0.25) is 0 Å². The first kappa shape index (κ1) is 14.9. The molecule has 1 aliphatic heterocycles. The average molecular weight is 284 g/mol. The predicted octanol–water partition coefficient (Wildman–Crippen LogP) is 0.139. The number of hydrogen-bond donors (Lipinski definition) is 1. The summed E-state index contributed by atoms with van der Waals surface area (Å²) in [5.74, 6) is 0.137. The molecule has 1 fully saturated rings. The minimum absolute atomic E-state index is 0.00315. The van der Waals surface area contributed by atoms with E-state index in [1.807, 2.05) is 0 Å². The van der Waals surface area contributed by atoms with E-state index in [0.717, 1.165) is 12.7 Å². The van der Waals surface area contributed by atoms with Crippen LogP contribution >= 0.6 is 0 Å². The fourth-order valence-electron chi connectivity index (χ4n) is 2.15. The van der Waals surface area contributed by atoms with E-state index >= 15 is 0 Å². The van der Waals surface area contributed by atoms with Crippen molar-refractivity contribution in [3.8, 4) is 0 Å². The molecule has 0 radical (unpaired) electrons. The standard InChI is InChI=1S/C10H20O5S2/c1-16(12,13)7-4-5-9(11)10-6-2-3-8-17(10,14)15/h9-11H,2-8H2,1H3. The highest BCUT2D eigenvalue weighted by Crippen LogP contribution is 2.24. The Kier molecular flexibility index (Phi) is 4.97. The Balaban J connectivity index is 2.49. The fraction of sp³-hybridized carbons (Fsp3) is 1.00. The Morgan fingerprint density at radius 1 is 1.35 bits per heavy atom. The molecule has 0 aliphatic carbocycles. The number of aliphatic hydroxyl groups excluding tert-OH is 1. The van der Waals surface area contributed by atoms with Crippen LogP contribution in [0.3, 0.4) is 0 Å². The summed E-state index contributed by atoms with van der Waals surface area (Å²) in [5, 5.41) is 9.13. The number of hydrogen-bond acceptors (Lipinski definition) is 5. The van der Waals surface area contributed by atoms with Crippen LogP contribution in [0.4, 0.5) is 0 Å². The maximum absolute atomic E-state index is 11.7. The second kappa shape index (κ2) is 5.67. The van der Waals surface area contributed by atoms with E-state index in [0.29, 0.717) is 19.3 Å². The molecule has 0 aromatic heterocycles. The highest BCUT2D eigenvalue weighted by Gasteiger charge is 2.34. The third-order valence-electron chi connectivity index (χ3n) is 3.07. The molecule has 1 saturated heterocycles. The van der Waals surface area contributed by atoms with Gasteiger partial charge in [0.05, 0.1) is 17.1 Å². The van der Waals surface area contributed by atoms with Gasteiger partial charge in [0.25, 0.3) is 0 Å². The summed E-state index contributed by atoms with van der Waals surface area (Å²) in [5.41, 5.74) is 0. The first-order valence-electron chi connectivity index (χ1n) is 5.80. The Morgan fingerprint density at radius 2 is 2.00 bits per heavy atom. The van der Waals surface area contributed by atoms with Gasteiger partial charge in [-0.25, -0.2) is 16.8 Å². The second-order valence-corrected chi connectivity index (χ2v) is 9.34. The molecule has 1 rings (SSSR count). The first-order chi connectivity index (χ1) is 7.72. The zero-order chi connectivity index (χ0) is 13.1. The topological polar surface area (TPSA) is 88.5 Å². The maximum Gasteiger partial charge on any atom is 0.155 e. The van der Waals surface area contributed by atoms with Gasteiger partial charge in [-0.15, -0.1) is 0 Å². The first-order valence-corrected chi connectivity index (χ1v) is 9.57. The normalized spacial score (nSPS) is 26.6. The third kappa shape index (κ3) is 4.93. The predicted molar refractivity (Wildman–Crippen MR) is 66.4 cm³/mol. The molecule has 0 amide bonds. The zero-order valence-electron chi connectivity index (χ0n) is 10.0. The monoisotopic (exact) mass is 284 g/mol. The molecule has 1 aliphatic rings. The summed E-state index contributed by atoms with van der Waals surface area (Å²) in [6, 6.07) is 0. The lowest BCUT2D eigenvalue weighted by molar-refractivity contribution is 0.151. The molecular weight excluding hydrogens is 264 g/mol. The molecule has 5 nitrogen and oxygen atoms in total. The van der Waals surface area contributed by atoms with Gasteiger partial charge in [-0.05, 0) is 25.7 Å². The number of rotatable bonds is 5. The van der Waals surface area contributed by atoms with E-state index in [1.165, 1.54) is 0 Å². The summed E-state index contributed by atoms with van der Waals surface area (Å²) >= 11 is 0. The van der Waals surface area contributed by atoms with Crippen molar-refractivity contribution in [2.24, 2.45) is 0 Å². The van der Waals surface area contributed by atoms with Crippen molar-refractivity contribution >= 4 is 19.7 Å². The molecule has 0 saturated carbocycles. The summed E-state index contributed by atoms with van der Waals surface area (Å²) in [6.45, 7) is 0. The van der Waals surface area contributed by atoms with Crippen LogP contribution in [-0.4, -0.2) is 51.1 Å². The van der Waals surface area contributed by atoms with E-state index in [4.69, 9.17) is 0 Å². The SMILES string of the molecule is CS(=O)(=O)CCCC(O)C1CCCCS1(=O)=O. The number of sulfone groups is 2. The van der Waals surface area contributed by atoms with Crippen molar-refractivity contribution < 1.29 is 21.9 Å². The highest BCUT2D eigenvalue weighted by molar-refractivity contribution is 7.92. The lowest BCUT2D eigenvalue weighted by Crippen LogP contribution is -2.38. The highest BCUT2D eigenvalue weighted by atomic mass is 32.2. The Morgan fingerprint density at radius 3 is 2.53 bits per heavy atom. The zero-order valence-corrected chi connectivity index (χ0v) is 11.6. The number of aliphatic hydroxyl groups is 1. The van der Waals surface area contributed by atoms with Crippen LogP contribution in [0.25, 0.3) is 0 Å². The van der Waals surface area contributed by atoms with E-state index in [9.17, 15) is 21.9 Å². The molecule has 2 unspecified atom stereocenters. The van der Waals surface area contributed by atoms with Crippen LogP contribution in [0.5, 0.6) is 0 Å². The molecule has 0 bridgehead atoms. The molecular formula is C10H20O5S2. The maximum atomic E-state index is 11.7. The van der Waals surface area contributed by atoms with Crippen LogP contribution in [0.1, 0.15) is 32.1 Å². The lowest BCUT2D eigenvalue weighted by Gasteiger charge is -2.26. The van der Waals surface area contributed by atoms with Gasteiger partial charge in [0.1, 0.15) is 9.84 Å². The molecule has 2 atom stereocenters. The summed E-state index contributed by atoms with van der Waals surface area (Å²) < 4.78 is 45.2. The Labute approximate surface area is 103 Å². The minimum Gasteiger partial charge on any atom is -0.392 e. The summed E-state index contributed by atoms with van der Waals surface area (Å²) in [7, 11) is -6.23. The van der Waals surface area contributed by atoms with Crippen molar-refractivity contribution in [1.82, 2.24) is 0 Å². The van der Waals surface area contributed by atoms with Crippen LogP contribution < -0.4 is 0 Å². The van der Waals surface area contributed by atoms with Crippen LogP contribution in [0.2, 0.25) is 0 Å². The molecule has 7 heteroatoms. The minimum atomic E-state index is -3.19. The molecule has 102 valence electrons. The van der Waals surface area contributed by atoms with Gasteiger partial charge < -0.3 is 5.11 Å². The van der Waals surface area contributed by atoms with E-state index in [2.05, 4.69) is 0 Å². The van der Waals surface area contributed by atoms with Crippen LogP contribution in [0, 0.1) is 0 Å². The second-order valence-electron chi connectivity index (χ2n) is 4.74. The van der Waals surface area contributed by atoms with Crippen molar-refractivity contribution in [3.63, 3.8) is 0 Å². The fourth-order valence-corrected chi connectivity index (χ4v) is 4.89. The van der Waals surface area contributed by atoms with E-state index < -0.39 is 31.0 Å². The summed E-state index contributed by atoms with van der Waals surface area (Å²) in [4.78, 5) is 0.